The molecule has 106 valence electrons. The van der Waals surface area contributed by atoms with Crippen molar-refractivity contribution in [2.24, 2.45) is 5.41 Å². The second kappa shape index (κ2) is 7.83. The molecule has 1 aliphatic rings. The molecular formula is C15H23NO3. The highest BCUT2D eigenvalue weighted by Gasteiger charge is 2.39. The number of carboxylic acid groups (broad SMARTS) is 1. The minimum atomic E-state index is -0.778. The first-order valence-corrected chi connectivity index (χ1v) is 7.04. The van der Waals surface area contributed by atoms with Crippen molar-refractivity contribution in [1.82, 2.24) is 5.32 Å². The molecule has 19 heavy (non-hydrogen) atoms. The summed E-state index contributed by atoms with van der Waals surface area (Å²) in [5.41, 5.74) is -0.743. The Morgan fingerprint density at radius 3 is 2.47 bits per heavy atom. The van der Waals surface area contributed by atoms with E-state index in [1.807, 2.05) is 0 Å². The quantitative estimate of drug-likeness (QED) is 0.548. The third-order valence-corrected chi connectivity index (χ3v) is 3.86. The van der Waals surface area contributed by atoms with Gasteiger partial charge in [-0.2, -0.15) is 0 Å². The van der Waals surface area contributed by atoms with Crippen LogP contribution < -0.4 is 5.32 Å². The molecule has 0 aromatic carbocycles. The van der Waals surface area contributed by atoms with Gasteiger partial charge in [0.25, 0.3) is 0 Å². The summed E-state index contributed by atoms with van der Waals surface area (Å²) in [6.45, 7) is 0.260. The Morgan fingerprint density at radius 1 is 1.21 bits per heavy atom. The number of aliphatic carboxylic acids is 1. The van der Waals surface area contributed by atoms with Crippen LogP contribution in [-0.2, 0) is 9.59 Å². The van der Waals surface area contributed by atoms with E-state index in [9.17, 15) is 14.7 Å². The zero-order valence-corrected chi connectivity index (χ0v) is 11.4. The molecule has 1 saturated carbocycles. The second-order valence-electron chi connectivity index (χ2n) is 5.33. The van der Waals surface area contributed by atoms with Gasteiger partial charge in [0.2, 0.25) is 5.91 Å². The van der Waals surface area contributed by atoms with Crippen molar-refractivity contribution >= 4 is 11.9 Å². The van der Waals surface area contributed by atoms with Gasteiger partial charge in [-0.15, -0.1) is 12.3 Å². The summed E-state index contributed by atoms with van der Waals surface area (Å²) >= 11 is 0. The standard InChI is InChI=1S/C15H23NO3/c1-2-3-4-6-9-13(17)16-12-15(14(18)19)10-7-5-8-11-15/h1H,3-12H2,(H,16,17)(H,18,19). The number of carboxylic acids is 1. The highest BCUT2D eigenvalue weighted by molar-refractivity contribution is 5.79. The molecule has 0 spiro atoms. The van der Waals surface area contributed by atoms with Gasteiger partial charge in [0.05, 0.1) is 5.41 Å². The Hall–Kier alpha value is -1.50. The first-order valence-electron chi connectivity index (χ1n) is 7.04. The minimum absolute atomic E-state index is 0.0665. The number of nitrogens with one attached hydrogen (secondary N) is 1. The number of carbonyl (C=O) groups excluding carboxylic acids is 1. The lowest BCUT2D eigenvalue weighted by Gasteiger charge is -2.33. The topological polar surface area (TPSA) is 66.4 Å². The van der Waals surface area contributed by atoms with Gasteiger partial charge in [-0.3, -0.25) is 9.59 Å². The Bertz CT molecular complexity index is 351. The van der Waals surface area contributed by atoms with Gasteiger partial charge in [-0.25, -0.2) is 0 Å². The van der Waals surface area contributed by atoms with Gasteiger partial charge in [-0.05, 0) is 25.7 Å². The van der Waals surface area contributed by atoms with Crippen LogP contribution >= 0.6 is 0 Å². The van der Waals surface area contributed by atoms with Gasteiger partial charge in [0.1, 0.15) is 0 Å². The van der Waals surface area contributed by atoms with Crippen LogP contribution in [0.15, 0.2) is 0 Å². The smallest absolute Gasteiger partial charge is 0.311 e. The van der Waals surface area contributed by atoms with Crippen LogP contribution in [0.3, 0.4) is 0 Å². The van der Waals surface area contributed by atoms with E-state index in [4.69, 9.17) is 6.42 Å². The van der Waals surface area contributed by atoms with Gasteiger partial charge in [-0.1, -0.05) is 19.3 Å². The molecule has 0 unspecified atom stereocenters. The Balaban J connectivity index is 2.34. The van der Waals surface area contributed by atoms with E-state index in [0.29, 0.717) is 25.7 Å². The van der Waals surface area contributed by atoms with Gasteiger partial charge < -0.3 is 10.4 Å². The molecule has 0 saturated heterocycles. The van der Waals surface area contributed by atoms with Gasteiger partial charge >= 0.3 is 5.97 Å². The van der Waals surface area contributed by atoms with E-state index in [-0.39, 0.29) is 12.5 Å². The second-order valence-corrected chi connectivity index (χ2v) is 5.33. The summed E-state index contributed by atoms with van der Waals surface area (Å²) in [7, 11) is 0. The molecule has 4 heteroatoms. The maximum Gasteiger partial charge on any atom is 0.311 e. The molecular weight excluding hydrogens is 242 g/mol. The maximum absolute atomic E-state index is 11.7. The van der Waals surface area contributed by atoms with Gasteiger partial charge in [0, 0.05) is 19.4 Å². The molecule has 0 bridgehead atoms. The molecule has 1 rings (SSSR count). The van der Waals surface area contributed by atoms with Crippen molar-refractivity contribution in [2.45, 2.75) is 57.8 Å². The van der Waals surface area contributed by atoms with Crippen molar-refractivity contribution in [3.8, 4) is 12.3 Å². The normalized spacial score (nSPS) is 17.4. The number of terminal acetylenes is 1. The number of unbranched alkanes of at least 4 members (excludes halogenated alkanes) is 2. The molecule has 1 aliphatic carbocycles. The molecule has 0 aliphatic heterocycles. The van der Waals surface area contributed by atoms with Crippen molar-refractivity contribution < 1.29 is 14.7 Å². The third-order valence-electron chi connectivity index (χ3n) is 3.86. The lowest BCUT2D eigenvalue weighted by Crippen LogP contribution is -2.44. The first kappa shape index (κ1) is 15.6. The molecule has 0 aromatic heterocycles. The monoisotopic (exact) mass is 265 g/mol. The molecule has 0 atom stereocenters. The SMILES string of the molecule is C#CCCCCC(=O)NCC1(C(=O)O)CCCCC1. The van der Waals surface area contributed by atoms with E-state index in [0.717, 1.165) is 32.1 Å². The van der Waals surface area contributed by atoms with Crippen LogP contribution in [0.5, 0.6) is 0 Å². The highest BCUT2D eigenvalue weighted by Crippen LogP contribution is 2.35. The predicted molar refractivity (Wildman–Crippen MR) is 73.5 cm³/mol. The fourth-order valence-electron chi connectivity index (χ4n) is 2.56. The van der Waals surface area contributed by atoms with E-state index >= 15 is 0 Å². The highest BCUT2D eigenvalue weighted by atomic mass is 16.4. The van der Waals surface area contributed by atoms with Crippen LogP contribution in [0.2, 0.25) is 0 Å². The van der Waals surface area contributed by atoms with E-state index in [1.54, 1.807) is 0 Å². The summed E-state index contributed by atoms with van der Waals surface area (Å²) in [5, 5.41) is 12.2. The van der Waals surface area contributed by atoms with Crippen LogP contribution in [0.1, 0.15) is 57.8 Å². The summed E-state index contributed by atoms with van der Waals surface area (Å²) in [4.78, 5) is 23.1. The number of hydrogen-bond donors (Lipinski definition) is 2. The van der Waals surface area contributed by atoms with E-state index in [2.05, 4.69) is 11.2 Å². The largest absolute Gasteiger partial charge is 0.481 e. The van der Waals surface area contributed by atoms with Crippen LogP contribution in [0, 0.1) is 17.8 Å². The summed E-state index contributed by atoms with van der Waals surface area (Å²) in [5.74, 6) is 1.69. The van der Waals surface area contributed by atoms with Crippen molar-refractivity contribution in [2.75, 3.05) is 6.54 Å². The van der Waals surface area contributed by atoms with Crippen molar-refractivity contribution in [3.63, 3.8) is 0 Å². The molecule has 4 nitrogen and oxygen atoms in total. The van der Waals surface area contributed by atoms with Gasteiger partial charge in [0.15, 0.2) is 0 Å². The average molecular weight is 265 g/mol. The van der Waals surface area contributed by atoms with Crippen LogP contribution in [0.4, 0.5) is 0 Å². The molecule has 0 radical (unpaired) electrons. The van der Waals surface area contributed by atoms with Crippen LogP contribution in [-0.4, -0.2) is 23.5 Å². The molecule has 2 N–H and O–H groups in total. The average Bonchev–Trinajstić information content (AvgIpc) is 2.42. The summed E-state index contributed by atoms with van der Waals surface area (Å²) < 4.78 is 0. The Morgan fingerprint density at radius 2 is 1.89 bits per heavy atom. The molecule has 0 aromatic rings. The zero-order chi connectivity index (χ0) is 14.1. The number of hydrogen-bond acceptors (Lipinski definition) is 2. The Labute approximate surface area is 115 Å². The molecule has 0 heterocycles. The summed E-state index contributed by atoms with van der Waals surface area (Å²) in [6, 6.07) is 0. The van der Waals surface area contributed by atoms with E-state index < -0.39 is 11.4 Å². The number of rotatable bonds is 7. The lowest BCUT2D eigenvalue weighted by atomic mass is 9.74. The first-order chi connectivity index (χ1) is 9.10. The van der Waals surface area contributed by atoms with Crippen molar-refractivity contribution in [1.29, 1.82) is 0 Å². The van der Waals surface area contributed by atoms with Crippen LogP contribution in [0.25, 0.3) is 0 Å². The molecule has 1 fully saturated rings. The predicted octanol–water partition coefficient (Wildman–Crippen LogP) is 2.33. The van der Waals surface area contributed by atoms with Crippen molar-refractivity contribution in [3.05, 3.63) is 0 Å². The fraction of sp³-hybridized carbons (Fsp3) is 0.733. The third kappa shape index (κ3) is 4.94. The lowest BCUT2D eigenvalue weighted by molar-refractivity contribution is -0.151. The minimum Gasteiger partial charge on any atom is -0.481 e. The van der Waals surface area contributed by atoms with E-state index in [1.165, 1.54) is 0 Å². The summed E-state index contributed by atoms with van der Waals surface area (Å²) in [6.07, 6.45) is 12.1. The fourth-order valence-corrected chi connectivity index (χ4v) is 2.56. The number of amides is 1. The Kier molecular flexibility index (Phi) is 6.41. The molecule has 1 amide bonds. The zero-order valence-electron chi connectivity index (χ0n) is 11.4. The number of carbonyl (C=O) groups is 2. The maximum atomic E-state index is 11.7.